The highest BCUT2D eigenvalue weighted by Gasteiger charge is 2.12. The molecule has 0 radical (unpaired) electrons. The zero-order valence-electron chi connectivity index (χ0n) is 10.0. The van der Waals surface area contributed by atoms with Crippen LogP contribution in [0.15, 0.2) is 46.9 Å². The molecule has 3 heteroatoms. The lowest BCUT2D eigenvalue weighted by Gasteiger charge is -2.12. The molecule has 94 valence electrons. The van der Waals surface area contributed by atoms with Gasteiger partial charge in [0.15, 0.2) is 0 Å². The molecule has 0 fully saturated rings. The van der Waals surface area contributed by atoms with Crippen molar-refractivity contribution in [3.63, 3.8) is 0 Å². The summed E-state index contributed by atoms with van der Waals surface area (Å²) in [6.45, 7) is 2.09. The molecule has 0 heterocycles. The molecule has 1 nitrogen and oxygen atoms in total. The predicted octanol–water partition coefficient (Wildman–Crippen LogP) is 4.23. The summed E-state index contributed by atoms with van der Waals surface area (Å²) in [5, 5.41) is 10.2. The fourth-order valence-electron chi connectivity index (χ4n) is 1.81. The van der Waals surface area contributed by atoms with Crippen molar-refractivity contribution in [3.8, 4) is 0 Å². The Hall–Kier alpha value is -1.19. The summed E-state index contributed by atoms with van der Waals surface area (Å²) in [7, 11) is 0. The van der Waals surface area contributed by atoms with E-state index in [0.717, 1.165) is 12.0 Å². The molecular formula is C15H14BrFO. The smallest absolute Gasteiger partial charge is 0.137 e. The minimum absolute atomic E-state index is 0.327. The van der Waals surface area contributed by atoms with Crippen LogP contribution in [0.5, 0.6) is 0 Å². The lowest BCUT2D eigenvalue weighted by molar-refractivity contribution is 0.220. The van der Waals surface area contributed by atoms with Gasteiger partial charge in [-0.05, 0) is 51.2 Å². The Morgan fingerprint density at radius 3 is 2.28 bits per heavy atom. The van der Waals surface area contributed by atoms with E-state index < -0.39 is 6.10 Å². The molecule has 0 bridgehead atoms. The van der Waals surface area contributed by atoms with Gasteiger partial charge in [-0.15, -0.1) is 0 Å². The first kappa shape index (κ1) is 13.2. The maximum atomic E-state index is 13.1. The zero-order valence-corrected chi connectivity index (χ0v) is 11.6. The van der Waals surface area contributed by atoms with Gasteiger partial charge in [-0.25, -0.2) is 4.39 Å². The normalized spacial score (nSPS) is 12.4. The summed E-state index contributed by atoms with van der Waals surface area (Å²) in [5.41, 5.74) is 2.71. The number of aliphatic hydroxyl groups excluding tert-OH is 1. The molecule has 0 aliphatic carbocycles. The second-order valence-corrected chi connectivity index (χ2v) is 5.03. The summed E-state index contributed by atoms with van der Waals surface area (Å²) in [4.78, 5) is 0. The highest BCUT2D eigenvalue weighted by atomic mass is 79.9. The third-order valence-electron chi connectivity index (χ3n) is 2.96. The molecule has 1 atom stereocenters. The minimum Gasteiger partial charge on any atom is -0.384 e. The van der Waals surface area contributed by atoms with E-state index in [4.69, 9.17) is 0 Å². The van der Waals surface area contributed by atoms with Crippen LogP contribution < -0.4 is 0 Å². The Kier molecular flexibility index (Phi) is 4.15. The Morgan fingerprint density at radius 2 is 1.72 bits per heavy atom. The number of rotatable bonds is 3. The van der Waals surface area contributed by atoms with Gasteiger partial charge in [0.05, 0.1) is 4.47 Å². The average molecular weight is 309 g/mol. The van der Waals surface area contributed by atoms with Gasteiger partial charge in [0, 0.05) is 0 Å². The van der Waals surface area contributed by atoms with Gasteiger partial charge in [-0.1, -0.05) is 37.3 Å². The van der Waals surface area contributed by atoms with Crippen molar-refractivity contribution in [2.75, 3.05) is 0 Å². The molecule has 1 N–H and O–H groups in total. The van der Waals surface area contributed by atoms with Crippen molar-refractivity contribution in [2.24, 2.45) is 0 Å². The first-order valence-corrected chi connectivity index (χ1v) is 6.63. The molecule has 0 spiro atoms. The molecule has 0 amide bonds. The third kappa shape index (κ3) is 2.79. The van der Waals surface area contributed by atoms with Crippen LogP contribution in [0.4, 0.5) is 4.39 Å². The van der Waals surface area contributed by atoms with Crippen LogP contribution in [0.25, 0.3) is 0 Å². The lowest BCUT2D eigenvalue weighted by Crippen LogP contribution is -2.00. The summed E-state index contributed by atoms with van der Waals surface area (Å²) >= 11 is 3.12. The molecule has 0 aromatic heterocycles. The zero-order chi connectivity index (χ0) is 13.1. The van der Waals surface area contributed by atoms with Crippen LogP contribution in [-0.2, 0) is 6.42 Å². The molecule has 2 rings (SSSR count). The van der Waals surface area contributed by atoms with Crippen LogP contribution in [-0.4, -0.2) is 5.11 Å². The number of aryl methyl sites for hydroxylation is 1. The third-order valence-corrected chi connectivity index (χ3v) is 3.57. The number of hydrogen-bond donors (Lipinski definition) is 1. The first-order chi connectivity index (χ1) is 8.61. The van der Waals surface area contributed by atoms with Gasteiger partial charge in [-0.3, -0.25) is 0 Å². The molecule has 2 aromatic carbocycles. The molecule has 1 unspecified atom stereocenters. The predicted molar refractivity (Wildman–Crippen MR) is 74.0 cm³/mol. The van der Waals surface area contributed by atoms with Gasteiger partial charge < -0.3 is 5.11 Å². The summed E-state index contributed by atoms with van der Waals surface area (Å²) < 4.78 is 13.5. The van der Waals surface area contributed by atoms with Crippen molar-refractivity contribution in [3.05, 3.63) is 69.4 Å². The standard InChI is InChI=1S/C15H14BrFO/c1-2-10-3-5-11(6-4-10)15(18)12-7-8-14(17)13(16)9-12/h3-9,15,18H,2H2,1H3. The monoisotopic (exact) mass is 308 g/mol. The number of halogens is 2. The van der Waals surface area contributed by atoms with Crippen molar-refractivity contribution < 1.29 is 9.50 Å². The fourth-order valence-corrected chi connectivity index (χ4v) is 2.21. The number of hydrogen-bond acceptors (Lipinski definition) is 1. The van der Waals surface area contributed by atoms with Crippen LogP contribution in [0, 0.1) is 5.82 Å². The van der Waals surface area contributed by atoms with Crippen LogP contribution in [0.3, 0.4) is 0 Å². The van der Waals surface area contributed by atoms with E-state index in [-0.39, 0.29) is 5.82 Å². The molecule has 0 saturated carbocycles. The highest BCUT2D eigenvalue weighted by molar-refractivity contribution is 9.10. The topological polar surface area (TPSA) is 20.2 Å². The van der Waals surface area contributed by atoms with Crippen LogP contribution in [0.1, 0.15) is 29.7 Å². The average Bonchev–Trinajstić information content (AvgIpc) is 2.41. The van der Waals surface area contributed by atoms with E-state index in [1.807, 2.05) is 24.3 Å². The van der Waals surface area contributed by atoms with Crippen LogP contribution >= 0.6 is 15.9 Å². The number of benzene rings is 2. The van der Waals surface area contributed by atoms with Crippen molar-refractivity contribution in [1.82, 2.24) is 0 Å². The maximum absolute atomic E-state index is 13.1. The molecule has 0 aliphatic heterocycles. The Balaban J connectivity index is 2.28. The molecular weight excluding hydrogens is 295 g/mol. The van der Waals surface area contributed by atoms with Crippen molar-refractivity contribution >= 4 is 15.9 Å². The molecule has 2 aromatic rings. The first-order valence-electron chi connectivity index (χ1n) is 5.83. The summed E-state index contributed by atoms with van der Waals surface area (Å²) in [6.07, 6.45) is 0.242. The van der Waals surface area contributed by atoms with E-state index in [1.54, 1.807) is 12.1 Å². The Bertz CT molecular complexity index is 537. The van der Waals surface area contributed by atoms with Crippen molar-refractivity contribution in [1.29, 1.82) is 0 Å². The number of aliphatic hydroxyl groups is 1. The van der Waals surface area contributed by atoms with Gasteiger partial charge in [0.2, 0.25) is 0 Å². The largest absolute Gasteiger partial charge is 0.384 e. The minimum atomic E-state index is -0.729. The lowest BCUT2D eigenvalue weighted by atomic mass is 10.00. The second-order valence-electron chi connectivity index (χ2n) is 4.17. The van der Waals surface area contributed by atoms with E-state index in [0.29, 0.717) is 10.0 Å². The second kappa shape index (κ2) is 5.63. The molecule has 18 heavy (non-hydrogen) atoms. The molecule has 0 aliphatic rings. The van der Waals surface area contributed by atoms with Gasteiger partial charge in [0.25, 0.3) is 0 Å². The quantitative estimate of drug-likeness (QED) is 0.899. The van der Waals surface area contributed by atoms with Gasteiger partial charge in [-0.2, -0.15) is 0 Å². The summed E-state index contributed by atoms with van der Waals surface area (Å²) in [5.74, 6) is -0.327. The highest BCUT2D eigenvalue weighted by Crippen LogP contribution is 2.26. The van der Waals surface area contributed by atoms with Gasteiger partial charge >= 0.3 is 0 Å². The SMILES string of the molecule is CCc1ccc(C(O)c2ccc(F)c(Br)c2)cc1. The Morgan fingerprint density at radius 1 is 1.11 bits per heavy atom. The van der Waals surface area contributed by atoms with Crippen molar-refractivity contribution in [2.45, 2.75) is 19.4 Å². The maximum Gasteiger partial charge on any atom is 0.137 e. The summed E-state index contributed by atoms with van der Waals surface area (Å²) in [6, 6.07) is 12.4. The van der Waals surface area contributed by atoms with E-state index >= 15 is 0 Å². The van der Waals surface area contributed by atoms with Gasteiger partial charge in [0.1, 0.15) is 11.9 Å². The van der Waals surface area contributed by atoms with E-state index in [1.165, 1.54) is 11.6 Å². The molecule has 0 saturated heterocycles. The van der Waals surface area contributed by atoms with E-state index in [9.17, 15) is 9.50 Å². The van der Waals surface area contributed by atoms with E-state index in [2.05, 4.69) is 22.9 Å². The fraction of sp³-hybridized carbons (Fsp3) is 0.200. The Labute approximate surface area is 114 Å². The van der Waals surface area contributed by atoms with Crippen LogP contribution in [0.2, 0.25) is 0 Å².